The first-order chi connectivity index (χ1) is 7.81. The highest BCUT2D eigenvalue weighted by molar-refractivity contribution is 5.99. The number of carbonyl (C=O) groups excluding carboxylic acids is 1. The van der Waals surface area contributed by atoms with E-state index in [0.29, 0.717) is 6.42 Å². The van der Waals surface area contributed by atoms with Gasteiger partial charge in [0.05, 0.1) is 24.8 Å². The van der Waals surface area contributed by atoms with E-state index in [1.54, 1.807) is 0 Å². The maximum atomic E-state index is 11.9. The van der Waals surface area contributed by atoms with Gasteiger partial charge in [0.15, 0.2) is 0 Å². The molecule has 2 aliphatic rings. The molecule has 1 aliphatic heterocycles. The second-order valence-electron chi connectivity index (χ2n) is 5.85. The summed E-state index contributed by atoms with van der Waals surface area (Å²) in [7, 11) is 1.33. The van der Waals surface area contributed by atoms with Crippen molar-refractivity contribution >= 4 is 11.7 Å². The summed E-state index contributed by atoms with van der Waals surface area (Å²) in [6.07, 6.45) is 0.227. The van der Waals surface area contributed by atoms with Crippen molar-refractivity contribution in [2.75, 3.05) is 7.11 Å². The predicted octanol–water partition coefficient (Wildman–Crippen LogP) is 1.10. The normalized spacial score (nSPS) is 36.2. The minimum Gasteiger partial charge on any atom is -0.466 e. The molecule has 1 N–H and O–H groups in total. The molecule has 3 atom stereocenters. The number of hydrogen-bond donors (Lipinski definition) is 1. The number of esters is 1. The zero-order valence-corrected chi connectivity index (χ0v) is 10.7. The molecule has 0 aromatic carbocycles. The van der Waals surface area contributed by atoms with Crippen LogP contribution in [-0.2, 0) is 14.4 Å². The Labute approximate surface area is 101 Å². The summed E-state index contributed by atoms with van der Waals surface area (Å²) in [5.41, 5.74) is -0.444. The molecule has 1 saturated carbocycles. The van der Waals surface area contributed by atoms with Gasteiger partial charge in [-0.2, -0.15) is 0 Å². The molecule has 0 saturated heterocycles. The fraction of sp³-hybridized carbons (Fsp3) is 0.833. The Hall–Kier alpha value is -1.10. The molecule has 17 heavy (non-hydrogen) atoms. The summed E-state index contributed by atoms with van der Waals surface area (Å²) in [6, 6.07) is 0. The van der Waals surface area contributed by atoms with Crippen molar-refractivity contribution in [2.24, 2.45) is 16.5 Å². The molecule has 2 rings (SSSR count). The average molecular weight is 241 g/mol. The largest absolute Gasteiger partial charge is 0.466 e. The van der Waals surface area contributed by atoms with Crippen LogP contribution in [-0.4, -0.2) is 35.6 Å². The Morgan fingerprint density at radius 3 is 2.76 bits per heavy atom. The minimum absolute atomic E-state index is 0.176. The lowest BCUT2D eigenvalue weighted by atomic mass is 9.76. The van der Waals surface area contributed by atoms with Crippen LogP contribution < -0.4 is 0 Å². The van der Waals surface area contributed by atoms with Crippen molar-refractivity contribution in [1.82, 2.24) is 0 Å². The van der Waals surface area contributed by atoms with Crippen molar-refractivity contribution in [1.29, 1.82) is 0 Å². The fourth-order valence-electron chi connectivity index (χ4n) is 2.76. The second-order valence-corrected chi connectivity index (χ2v) is 5.85. The van der Waals surface area contributed by atoms with Crippen LogP contribution in [0.25, 0.3) is 0 Å². The Morgan fingerprint density at radius 2 is 2.24 bits per heavy atom. The number of methoxy groups -OCH3 is 1. The third-order valence-corrected chi connectivity index (χ3v) is 3.55. The van der Waals surface area contributed by atoms with Crippen LogP contribution in [0, 0.1) is 11.3 Å². The zero-order chi connectivity index (χ0) is 12.8. The Bertz CT molecular complexity index is 371. The van der Waals surface area contributed by atoms with Crippen LogP contribution in [0.2, 0.25) is 0 Å². The van der Waals surface area contributed by atoms with Gasteiger partial charge in [0.1, 0.15) is 0 Å². The second kappa shape index (κ2) is 3.70. The molecular formula is C12H19NO4. The lowest BCUT2D eigenvalue weighted by Gasteiger charge is -2.26. The molecule has 3 unspecified atom stereocenters. The van der Waals surface area contributed by atoms with E-state index in [0.717, 1.165) is 5.71 Å². The van der Waals surface area contributed by atoms with Gasteiger partial charge in [-0.1, -0.05) is 25.9 Å². The van der Waals surface area contributed by atoms with E-state index in [1.807, 2.05) is 20.8 Å². The number of aliphatic hydroxyl groups is 1. The molecule has 0 aromatic heterocycles. The third-order valence-electron chi connectivity index (χ3n) is 3.55. The molecule has 0 bridgehead atoms. The van der Waals surface area contributed by atoms with Crippen molar-refractivity contribution < 1.29 is 19.5 Å². The Kier molecular flexibility index (Phi) is 2.69. The van der Waals surface area contributed by atoms with E-state index in [1.165, 1.54) is 7.11 Å². The first-order valence-corrected chi connectivity index (χ1v) is 5.84. The first-order valence-electron chi connectivity index (χ1n) is 5.84. The van der Waals surface area contributed by atoms with Crippen LogP contribution in [0.1, 0.15) is 33.6 Å². The number of oxime groups is 1. The Balaban J connectivity index is 2.35. The Morgan fingerprint density at radius 1 is 1.59 bits per heavy atom. The van der Waals surface area contributed by atoms with E-state index in [-0.39, 0.29) is 17.8 Å². The van der Waals surface area contributed by atoms with Gasteiger partial charge in [0.25, 0.3) is 0 Å². The van der Waals surface area contributed by atoms with Gasteiger partial charge < -0.3 is 14.7 Å². The number of carbonyl (C=O) groups is 1. The highest BCUT2D eigenvalue weighted by atomic mass is 16.7. The molecule has 0 aromatic rings. The van der Waals surface area contributed by atoms with E-state index < -0.39 is 17.7 Å². The maximum absolute atomic E-state index is 11.9. The van der Waals surface area contributed by atoms with Crippen LogP contribution in [0.5, 0.6) is 0 Å². The van der Waals surface area contributed by atoms with Crippen LogP contribution in [0.4, 0.5) is 0 Å². The van der Waals surface area contributed by atoms with Crippen molar-refractivity contribution in [3.8, 4) is 0 Å². The predicted molar refractivity (Wildman–Crippen MR) is 61.5 cm³/mol. The SMILES string of the molecule is COC(=O)C12CC(O)CC1C(C(C)(C)C)=NO2. The van der Waals surface area contributed by atoms with Crippen molar-refractivity contribution in [3.63, 3.8) is 0 Å². The van der Waals surface area contributed by atoms with E-state index in [4.69, 9.17) is 9.57 Å². The van der Waals surface area contributed by atoms with E-state index in [9.17, 15) is 9.90 Å². The van der Waals surface area contributed by atoms with Gasteiger partial charge in [0.2, 0.25) is 5.60 Å². The summed E-state index contributed by atoms with van der Waals surface area (Å²) in [6.45, 7) is 6.06. The highest BCUT2D eigenvalue weighted by Crippen LogP contribution is 2.48. The molecule has 5 nitrogen and oxygen atoms in total. The average Bonchev–Trinajstić information content (AvgIpc) is 2.69. The fourth-order valence-corrected chi connectivity index (χ4v) is 2.76. The quantitative estimate of drug-likeness (QED) is 0.698. The molecule has 1 heterocycles. The standard InChI is InChI=1S/C12H19NO4/c1-11(2,3)9-8-5-7(14)6-12(8,17-13-9)10(15)16-4/h7-8,14H,5-6H2,1-4H3. The van der Waals surface area contributed by atoms with Gasteiger partial charge in [-0.05, 0) is 6.42 Å². The molecule has 0 spiro atoms. The van der Waals surface area contributed by atoms with Crippen molar-refractivity contribution in [3.05, 3.63) is 0 Å². The number of ether oxygens (including phenoxy) is 1. The van der Waals surface area contributed by atoms with Gasteiger partial charge in [-0.3, -0.25) is 0 Å². The van der Waals surface area contributed by atoms with Crippen LogP contribution in [0.3, 0.4) is 0 Å². The summed E-state index contributed by atoms with van der Waals surface area (Å²) in [5.74, 6) is -0.619. The van der Waals surface area contributed by atoms with Gasteiger partial charge in [-0.15, -0.1) is 0 Å². The summed E-state index contributed by atoms with van der Waals surface area (Å²) in [5, 5.41) is 13.9. The third kappa shape index (κ3) is 1.73. The van der Waals surface area contributed by atoms with Crippen LogP contribution in [0.15, 0.2) is 5.16 Å². The van der Waals surface area contributed by atoms with E-state index in [2.05, 4.69) is 5.16 Å². The summed E-state index contributed by atoms with van der Waals surface area (Å²) >= 11 is 0. The number of fused-ring (bicyclic) bond motifs is 1. The lowest BCUT2D eigenvalue weighted by Crippen LogP contribution is -2.45. The van der Waals surface area contributed by atoms with Gasteiger partial charge in [-0.25, -0.2) is 4.79 Å². The molecule has 0 radical (unpaired) electrons. The molecule has 0 amide bonds. The van der Waals surface area contributed by atoms with Crippen molar-refractivity contribution in [2.45, 2.75) is 45.3 Å². The minimum atomic E-state index is -1.10. The summed E-state index contributed by atoms with van der Waals surface area (Å²) in [4.78, 5) is 17.3. The highest BCUT2D eigenvalue weighted by Gasteiger charge is 2.62. The smallest absolute Gasteiger partial charge is 0.353 e. The number of hydrogen-bond acceptors (Lipinski definition) is 5. The molecule has 1 aliphatic carbocycles. The number of nitrogens with zero attached hydrogens (tertiary/aromatic N) is 1. The topological polar surface area (TPSA) is 68.1 Å². The zero-order valence-electron chi connectivity index (χ0n) is 10.7. The van der Waals surface area contributed by atoms with Gasteiger partial charge >= 0.3 is 5.97 Å². The summed E-state index contributed by atoms with van der Waals surface area (Å²) < 4.78 is 4.80. The van der Waals surface area contributed by atoms with Gasteiger partial charge in [0, 0.05) is 11.8 Å². The van der Waals surface area contributed by atoms with E-state index >= 15 is 0 Å². The monoisotopic (exact) mass is 241 g/mol. The molecule has 1 fully saturated rings. The number of rotatable bonds is 1. The molecular weight excluding hydrogens is 222 g/mol. The number of aliphatic hydroxyl groups excluding tert-OH is 1. The first kappa shape index (κ1) is 12.4. The molecule has 5 heteroatoms. The molecule has 96 valence electrons. The lowest BCUT2D eigenvalue weighted by molar-refractivity contribution is -0.169. The maximum Gasteiger partial charge on any atom is 0.353 e. The van der Waals surface area contributed by atoms with Crippen LogP contribution >= 0.6 is 0 Å².